The second-order valence-corrected chi connectivity index (χ2v) is 8.98. The minimum Gasteiger partial charge on any atom is -0.454 e. The van der Waals surface area contributed by atoms with Crippen molar-refractivity contribution in [3.8, 4) is 0 Å². The first-order valence-electron chi connectivity index (χ1n) is 8.99. The first kappa shape index (κ1) is 18.4. The van der Waals surface area contributed by atoms with Crippen molar-refractivity contribution >= 4 is 38.3 Å². The van der Waals surface area contributed by atoms with Gasteiger partial charge in [0.2, 0.25) is 0 Å². The van der Waals surface area contributed by atoms with Gasteiger partial charge in [0.15, 0.2) is 10.9 Å². The molecule has 0 saturated heterocycles. The van der Waals surface area contributed by atoms with Crippen molar-refractivity contribution in [2.75, 3.05) is 5.32 Å². The van der Waals surface area contributed by atoms with Crippen molar-refractivity contribution in [1.29, 1.82) is 0 Å². The molecular formula is C19H21BrN4O2S. The second kappa shape index (κ2) is 7.24. The topological polar surface area (TPSA) is 73.0 Å². The summed E-state index contributed by atoms with van der Waals surface area (Å²) in [5, 5.41) is 8.00. The van der Waals surface area contributed by atoms with E-state index in [1.165, 1.54) is 4.88 Å². The Morgan fingerprint density at radius 2 is 2.26 bits per heavy atom. The number of hydrogen-bond acceptors (Lipinski definition) is 5. The van der Waals surface area contributed by atoms with Gasteiger partial charge in [-0.3, -0.25) is 14.8 Å². The predicted molar refractivity (Wildman–Crippen MR) is 108 cm³/mol. The molecule has 6 nitrogen and oxygen atoms in total. The quantitative estimate of drug-likeness (QED) is 0.625. The lowest BCUT2D eigenvalue weighted by Gasteiger charge is -2.15. The van der Waals surface area contributed by atoms with Crippen LogP contribution < -0.4 is 5.32 Å². The van der Waals surface area contributed by atoms with Crippen LogP contribution in [-0.2, 0) is 19.4 Å². The van der Waals surface area contributed by atoms with E-state index in [9.17, 15) is 4.79 Å². The zero-order chi connectivity index (χ0) is 19.1. The number of amides is 1. The summed E-state index contributed by atoms with van der Waals surface area (Å²) < 4.78 is 8.59. The molecule has 1 unspecified atom stereocenters. The van der Waals surface area contributed by atoms with Crippen molar-refractivity contribution in [1.82, 2.24) is 14.8 Å². The number of carbonyl (C=O) groups excluding carboxylic acids is 1. The van der Waals surface area contributed by atoms with Gasteiger partial charge in [-0.15, -0.1) is 11.3 Å². The molecule has 8 heteroatoms. The zero-order valence-electron chi connectivity index (χ0n) is 15.5. The standard InChI is InChI=1S/C19H21BrN4O2S/c1-10-4-6-14-16(8-10)27-19(21-14)22-18(25)15-7-5-13(26-15)9-24-12(3)17(20)11(2)23-24/h5,7,10H,4,6,8-9H2,1-3H3,(H,21,22,25). The SMILES string of the molecule is Cc1nn(Cc2ccc(C(=O)Nc3nc4c(s3)CC(C)CC4)o2)c(C)c1Br. The number of thiazole rings is 1. The predicted octanol–water partition coefficient (Wildman–Crippen LogP) is 4.74. The van der Waals surface area contributed by atoms with E-state index in [0.717, 1.165) is 40.8 Å². The number of aryl methyl sites for hydroxylation is 2. The lowest BCUT2D eigenvalue weighted by atomic mass is 9.93. The third kappa shape index (κ3) is 3.73. The van der Waals surface area contributed by atoms with Gasteiger partial charge in [0.25, 0.3) is 5.91 Å². The van der Waals surface area contributed by atoms with Crippen LogP contribution in [0.4, 0.5) is 5.13 Å². The van der Waals surface area contributed by atoms with Crippen LogP contribution in [0.5, 0.6) is 0 Å². The molecule has 1 atom stereocenters. The van der Waals surface area contributed by atoms with Crippen molar-refractivity contribution in [2.45, 2.75) is 46.6 Å². The van der Waals surface area contributed by atoms with Crippen molar-refractivity contribution in [3.63, 3.8) is 0 Å². The number of hydrogen-bond donors (Lipinski definition) is 1. The largest absolute Gasteiger partial charge is 0.454 e. The third-order valence-electron chi connectivity index (χ3n) is 4.89. The van der Waals surface area contributed by atoms with Gasteiger partial charge < -0.3 is 4.42 Å². The number of nitrogens with one attached hydrogen (secondary N) is 1. The molecule has 3 heterocycles. The molecule has 0 aliphatic heterocycles. The molecule has 4 rings (SSSR count). The Balaban J connectivity index is 1.45. The van der Waals surface area contributed by atoms with Gasteiger partial charge in [0.1, 0.15) is 5.76 Å². The number of halogens is 1. The zero-order valence-corrected chi connectivity index (χ0v) is 17.9. The average molecular weight is 449 g/mol. The van der Waals surface area contributed by atoms with Crippen LogP contribution in [0, 0.1) is 19.8 Å². The number of furan rings is 1. The van der Waals surface area contributed by atoms with Crippen LogP contribution in [-0.4, -0.2) is 20.7 Å². The molecule has 1 aliphatic rings. The minimum atomic E-state index is -0.269. The van der Waals surface area contributed by atoms with E-state index in [-0.39, 0.29) is 11.7 Å². The molecule has 0 spiro atoms. The molecule has 0 bridgehead atoms. The van der Waals surface area contributed by atoms with Gasteiger partial charge in [-0.05, 0) is 67.1 Å². The van der Waals surface area contributed by atoms with E-state index in [2.05, 4.69) is 38.3 Å². The highest BCUT2D eigenvalue weighted by molar-refractivity contribution is 9.10. The number of nitrogens with zero attached hydrogens (tertiary/aromatic N) is 3. The molecule has 3 aromatic heterocycles. The van der Waals surface area contributed by atoms with Crippen LogP contribution in [0.25, 0.3) is 0 Å². The molecule has 1 aliphatic carbocycles. The van der Waals surface area contributed by atoms with Crippen molar-refractivity contribution in [3.05, 3.63) is 50.1 Å². The van der Waals surface area contributed by atoms with Crippen LogP contribution >= 0.6 is 27.3 Å². The second-order valence-electron chi connectivity index (χ2n) is 7.10. The van der Waals surface area contributed by atoms with E-state index in [0.29, 0.717) is 23.4 Å². The fraction of sp³-hybridized carbons (Fsp3) is 0.421. The Morgan fingerprint density at radius 3 is 3.00 bits per heavy atom. The molecule has 1 N–H and O–H groups in total. The maximum Gasteiger partial charge on any atom is 0.293 e. The fourth-order valence-corrected chi connectivity index (χ4v) is 4.76. The van der Waals surface area contributed by atoms with Crippen LogP contribution in [0.2, 0.25) is 0 Å². The maximum absolute atomic E-state index is 12.5. The maximum atomic E-state index is 12.5. The molecule has 3 aromatic rings. The van der Waals surface area contributed by atoms with Crippen molar-refractivity contribution in [2.24, 2.45) is 5.92 Å². The lowest BCUT2D eigenvalue weighted by molar-refractivity contribution is 0.0994. The van der Waals surface area contributed by atoms with Gasteiger partial charge in [-0.25, -0.2) is 4.98 Å². The van der Waals surface area contributed by atoms with E-state index >= 15 is 0 Å². The summed E-state index contributed by atoms with van der Waals surface area (Å²) >= 11 is 5.10. The molecule has 27 heavy (non-hydrogen) atoms. The van der Waals surface area contributed by atoms with Gasteiger partial charge in [0, 0.05) is 4.88 Å². The van der Waals surface area contributed by atoms with E-state index in [1.54, 1.807) is 17.4 Å². The third-order valence-corrected chi connectivity index (χ3v) is 7.07. The molecule has 0 radical (unpaired) electrons. The van der Waals surface area contributed by atoms with E-state index in [1.807, 2.05) is 24.6 Å². The Hall–Kier alpha value is -1.93. The Kier molecular flexibility index (Phi) is 4.94. The molecule has 0 fully saturated rings. The van der Waals surface area contributed by atoms with Crippen LogP contribution in [0.1, 0.15) is 51.6 Å². The number of fused-ring (bicyclic) bond motifs is 1. The van der Waals surface area contributed by atoms with Gasteiger partial charge in [-0.1, -0.05) is 6.92 Å². The monoisotopic (exact) mass is 448 g/mol. The van der Waals surface area contributed by atoms with Gasteiger partial charge in [-0.2, -0.15) is 5.10 Å². The fourth-order valence-electron chi connectivity index (χ4n) is 3.31. The van der Waals surface area contributed by atoms with Gasteiger partial charge >= 0.3 is 0 Å². The number of aromatic nitrogens is 3. The van der Waals surface area contributed by atoms with E-state index < -0.39 is 0 Å². The molecular weight excluding hydrogens is 428 g/mol. The molecule has 0 saturated carbocycles. The normalized spacial score (nSPS) is 16.4. The summed E-state index contributed by atoms with van der Waals surface area (Å²) in [6.07, 6.45) is 3.20. The van der Waals surface area contributed by atoms with Crippen LogP contribution in [0.15, 0.2) is 21.0 Å². The van der Waals surface area contributed by atoms with Gasteiger partial charge in [0.05, 0.1) is 28.1 Å². The summed E-state index contributed by atoms with van der Waals surface area (Å²) in [6.45, 7) is 6.68. The Morgan fingerprint density at radius 1 is 1.44 bits per heavy atom. The molecule has 142 valence electrons. The average Bonchev–Trinajstić information content (AvgIpc) is 3.30. The Bertz CT molecular complexity index is 1000. The number of anilines is 1. The molecule has 1 amide bonds. The number of carbonyl (C=O) groups is 1. The highest BCUT2D eigenvalue weighted by atomic mass is 79.9. The summed E-state index contributed by atoms with van der Waals surface area (Å²) in [5.41, 5.74) is 3.08. The summed E-state index contributed by atoms with van der Waals surface area (Å²) in [7, 11) is 0. The smallest absolute Gasteiger partial charge is 0.293 e. The molecule has 0 aromatic carbocycles. The summed E-state index contributed by atoms with van der Waals surface area (Å²) in [4.78, 5) is 18.4. The first-order chi connectivity index (χ1) is 12.9. The first-order valence-corrected chi connectivity index (χ1v) is 10.6. The Labute approximate surface area is 170 Å². The van der Waals surface area contributed by atoms with Crippen molar-refractivity contribution < 1.29 is 9.21 Å². The summed E-state index contributed by atoms with van der Waals surface area (Å²) in [6, 6.07) is 3.51. The van der Waals surface area contributed by atoms with E-state index in [4.69, 9.17) is 4.42 Å². The number of rotatable bonds is 4. The summed E-state index contributed by atoms with van der Waals surface area (Å²) in [5.74, 6) is 1.39. The van der Waals surface area contributed by atoms with Crippen LogP contribution in [0.3, 0.4) is 0 Å². The highest BCUT2D eigenvalue weighted by Gasteiger charge is 2.21. The highest BCUT2D eigenvalue weighted by Crippen LogP contribution is 2.32. The minimum absolute atomic E-state index is 0.269. The lowest BCUT2D eigenvalue weighted by Crippen LogP contribution is -2.11.